The maximum absolute atomic E-state index is 13.4. The molecule has 1 amide bonds. The summed E-state index contributed by atoms with van der Waals surface area (Å²) in [5.41, 5.74) is 6.76. The second-order valence-corrected chi connectivity index (χ2v) is 5.08. The summed E-state index contributed by atoms with van der Waals surface area (Å²) in [6, 6.07) is 13.5. The largest absolute Gasteiger partial charge is 0.489 e. The Morgan fingerprint density at radius 2 is 1.86 bits per heavy atom. The van der Waals surface area contributed by atoms with Crippen LogP contribution in [0.1, 0.15) is 15.9 Å². The first kappa shape index (κ1) is 16.0. The van der Waals surface area contributed by atoms with Crippen LogP contribution in [0.5, 0.6) is 5.75 Å². The third-order valence-corrected chi connectivity index (χ3v) is 3.26. The number of ether oxygens (including phenoxy) is 1. The topological polar surface area (TPSA) is 55.6 Å². The van der Waals surface area contributed by atoms with E-state index in [9.17, 15) is 9.18 Å². The van der Waals surface area contributed by atoms with Crippen LogP contribution in [0.15, 0.2) is 48.5 Å². The normalized spacial score (nSPS) is 10.7. The molecule has 0 bridgehead atoms. The van der Waals surface area contributed by atoms with Crippen molar-refractivity contribution in [1.82, 2.24) is 4.90 Å². The van der Waals surface area contributed by atoms with Gasteiger partial charge in [0, 0.05) is 18.7 Å². The number of para-hydroxylation sites is 1. The van der Waals surface area contributed by atoms with Crippen LogP contribution in [0.3, 0.4) is 0 Å². The van der Waals surface area contributed by atoms with Crippen LogP contribution >= 0.6 is 0 Å². The van der Waals surface area contributed by atoms with Gasteiger partial charge in [0.1, 0.15) is 6.61 Å². The van der Waals surface area contributed by atoms with Crippen molar-refractivity contribution >= 4 is 5.91 Å². The van der Waals surface area contributed by atoms with Crippen LogP contribution in [0, 0.1) is 5.82 Å². The van der Waals surface area contributed by atoms with Gasteiger partial charge in [-0.05, 0) is 36.9 Å². The van der Waals surface area contributed by atoms with Gasteiger partial charge in [-0.1, -0.05) is 24.3 Å². The van der Waals surface area contributed by atoms with E-state index in [0.29, 0.717) is 25.3 Å². The second kappa shape index (κ2) is 7.56. The molecule has 0 spiro atoms. The number of hydrogen-bond donors (Lipinski definition) is 1. The lowest BCUT2D eigenvalue weighted by Gasteiger charge is -2.17. The highest BCUT2D eigenvalue weighted by atomic mass is 19.1. The average molecular weight is 302 g/mol. The summed E-state index contributed by atoms with van der Waals surface area (Å²) < 4.78 is 18.8. The van der Waals surface area contributed by atoms with Gasteiger partial charge in [-0.3, -0.25) is 9.69 Å². The molecule has 0 radical (unpaired) electrons. The minimum absolute atomic E-state index is 0.265. The van der Waals surface area contributed by atoms with E-state index in [1.165, 1.54) is 6.07 Å². The first-order chi connectivity index (χ1) is 10.6. The summed E-state index contributed by atoms with van der Waals surface area (Å²) in [5.74, 6) is -0.521. The van der Waals surface area contributed by atoms with Gasteiger partial charge in [-0.15, -0.1) is 0 Å². The molecule has 5 heteroatoms. The van der Waals surface area contributed by atoms with Gasteiger partial charge < -0.3 is 10.5 Å². The minimum Gasteiger partial charge on any atom is -0.489 e. The zero-order valence-electron chi connectivity index (χ0n) is 12.5. The molecule has 116 valence electrons. The number of carbonyl (C=O) groups is 1. The zero-order chi connectivity index (χ0) is 15.9. The molecule has 0 aliphatic carbocycles. The molecule has 0 atom stereocenters. The summed E-state index contributed by atoms with van der Waals surface area (Å²) >= 11 is 0. The molecule has 22 heavy (non-hydrogen) atoms. The molecule has 2 rings (SSSR count). The van der Waals surface area contributed by atoms with Gasteiger partial charge in [0.25, 0.3) is 0 Å². The van der Waals surface area contributed by atoms with Crippen molar-refractivity contribution in [2.45, 2.75) is 6.54 Å². The van der Waals surface area contributed by atoms with Gasteiger partial charge in [-0.25, -0.2) is 4.39 Å². The van der Waals surface area contributed by atoms with E-state index in [4.69, 9.17) is 10.5 Å². The molecule has 0 fully saturated rings. The standard InChI is InChI=1S/C17H19FN2O2/c1-20(10-11-22-16-5-3-2-4-15(16)18)12-13-6-8-14(9-7-13)17(19)21/h2-9H,10-12H2,1H3,(H2,19,21). The maximum Gasteiger partial charge on any atom is 0.248 e. The predicted octanol–water partition coefficient (Wildman–Crippen LogP) is 2.44. The molecule has 0 unspecified atom stereocenters. The zero-order valence-corrected chi connectivity index (χ0v) is 12.5. The quantitative estimate of drug-likeness (QED) is 0.854. The smallest absolute Gasteiger partial charge is 0.248 e. The van der Waals surface area contributed by atoms with Crippen molar-refractivity contribution in [1.29, 1.82) is 0 Å². The number of halogens is 1. The van der Waals surface area contributed by atoms with Gasteiger partial charge in [0.2, 0.25) is 5.91 Å². The van der Waals surface area contributed by atoms with Crippen molar-refractivity contribution in [2.24, 2.45) is 5.73 Å². The highest BCUT2D eigenvalue weighted by Gasteiger charge is 2.05. The summed E-state index contributed by atoms with van der Waals surface area (Å²) in [6.45, 7) is 1.77. The van der Waals surface area contributed by atoms with Gasteiger partial charge >= 0.3 is 0 Å². The fourth-order valence-corrected chi connectivity index (χ4v) is 2.04. The number of likely N-dealkylation sites (N-methyl/N-ethyl adjacent to an activating group) is 1. The Morgan fingerprint density at radius 3 is 2.50 bits per heavy atom. The number of rotatable bonds is 7. The number of carbonyl (C=O) groups excluding carboxylic acids is 1. The first-order valence-electron chi connectivity index (χ1n) is 7.01. The highest BCUT2D eigenvalue weighted by molar-refractivity contribution is 5.92. The molecule has 0 aromatic heterocycles. The lowest BCUT2D eigenvalue weighted by Crippen LogP contribution is -2.24. The van der Waals surface area contributed by atoms with Crippen LogP contribution in [0.2, 0.25) is 0 Å². The Hall–Kier alpha value is -2.40. The Morgan fingerprint density at radius 1 is 1.18 bits per heavy atom. The number of primary amides is 1. The van der Waals surface area contributed by atoms with Crippen molar-refractivity contribution in [3.63, 3.8) is 0 Å². The monoisotopic (exact) mass is 302 g/mol. The molecular weight excluding hydrogens is 283 g/mol. The van der Waals surface area contributed by atoms with Crippen molar-refractivity contribution in [3.05, 3.63) is 65.5 Å². The van der Waals surface area contributed by atoms with Crippen molar-refractivity contribution in [2.75, 3.05) is 20.2 Å². The molecule has 0 aliphatic heterocycles. The number of nitrogens with two attached hydrogens (primary N) is 1. The van der Waals surface area contributed by atoms with Gasteiger partial charge in [0.15, 0.2) is 11.6 Å². The fourth-order valence-electron chi connectivity index (χ4n) is 2.04. The van der Waals surface area contributed by atoms with E-state index < -0.39 is 5.91 Å². The van der Waals surface area contributed by atoms with Crippen molar-refractivity contribution in [3.8, 4) is 5.75 Å². The van der Waals surface area contributed by atoms with Crippen LogP contribution in [0.4, 0.5) is 4.39 Å². The Labute approximate surface area is 129 Å². The highest BCUT2D eigenvalue weighted by Crippen LogP contribution is 2.15. The number of amides is 1. The van der Waals surface area contributed by atoms with Gasteiger partial charge in [-0.2, -0.15) is 0 Å². The number of nitrogens with zero attached hydrogens (tertiary/aromatic N) is 1. The number of hydrogen-bond acceptors (Lipinski definition) is 3. The molecule has 2 aromatic rings. The Kier molecular flexibility index (Phi) is 5.49. The fraction of sp³-hybridized carbons (Fsp3) is 0.235. The Balaban J connectivity index is 1.79. The molecule has 0 saturated heterocycles. The predicted molar refractivity (Wildman–Crippen MR) is 83.2 cm³/mol. The molecule has 0 aliphatic rings. The lowest BCUT2D eigenvalue weighted by molar-refractivity contribution is 0.100. The van der Waals surface area contributed by atoms with E-state index in [0.717, 1.165) is 5.56 Å². The maximum atomic E-state index is 13.4. The van der Waals surface area contributed by atoms with E-state index in [1.54, 1.807) is 30.3 Å². The summed E-state index contributed by atoms with van der Waals surface area (Å²) in [6.07, 6.45) is 0. The molecule has 0 heterocycles. The Bertz CT molecular complexity index is 629. The van der Waals surface area contributed by atoms with Crippen LogP contribution in [-0.4, -0.2) is 31.0 Å². The second-order valence-electron chi connectivity index (χ2n) is 5.08. The van der Waals surface area contributed by atoms with Crippen LogP contribution in [0.25, 0.3) is 0 Å². The third-order valence-electron chi connectivity index (χ3n) is 3.26. The van der Waals surface area contributed by atoms with E-state index >= 15 is 0 Å². The van der Waals surface area contributed by atoms with E-state index in [-0.39, 0.29) is 11.6 Å². The third kappa shape index (κ3) is 4.56. The average Bonchev–Trinajstić information content (AvgIpc) is 2.50. The molecule has 0 saturated carbocycles. The lowest BCUT2D eigenvalue weighted by atomic mass is 10.1. The van der Waals surface area contributed by atoms with Gasteiger partial charge in [0.05, 0.1) is 0 Å². The van der Waals surface area contributed by atoms with Crippen molar-refractivity contribution < 1.29 is 13.9 Å². The minimum atomic E-state index is -0.432. The van der Waals surface area contributed by atoms with Crippen LogP contribution < -0.4 is 10.5 Å². The first-order valence-corrected chi connectivity index (χ1v) is 7.01. The van der Waals surface area contributed by atoms with E-state index in [1.807, 2.05) is 19.2 Å². The summed E-state index contributed by atoms with van der Waals surface area (Å²) in [4.78, 5) is 13.1. The molecule has 2 aromatic carbocycles. The number of benzene rings is 2. The SMILES string of the molecule is CN(CCOc1ccccc1F)Cc1ccc(C(N)=O)cc1. The van der Waals surface area contributed by atoms with Crippen LogP contribution in [-0.2, 0) is 6.54 Å². The molecule has 4 nitrogen and oxygen atoms in total. The summed E-state index contributed by atoms with van der Waals surface area (Å²) in [5, 5.41) is 0. The summed E-state index contributed by atoms with van der Waals surface area (Å²) in [7, 11) is 1.95. The van der Waals surface area contributed by atoms with E-state index in [2.05, 4.69) is 4.90 Å². The molecule has 2 N–H and O–H groups in total. The molecular formula is C17H19FN2O2.